The standard InChI is InChI=1S/2C12H19NO.C4H6O4/c2*1-12(2,3)13-9-11(14)10-7-5-4-6-8-10;5-3(6)1-2-4(7)8/h2*4-8,11,13-14H,9H2,1-3H3;1-2H2,(H,5,6)(H,7,8)/p-2. The number of aliphatic carboxylic acids is 2. The molecule has 0 aromatic heterocycles. The molecule has 8 heteroatoms. The zero-order valence-corrected chi connectivity index (χ0v) is 22.3. The van der Waals surface area contributed by atoms with E-state index in [1.807, 2.05) is 60.7 Å². The van der Waals surface area contributed by atoms with Gasteiger partial charge in [-0.05, 0) is 65.5 Å². The molecule has 0 heterocycles. The van der Waals surface area contributed by atoms with Crippen molar-refractivity contribution >= 4 is 11.9 Å². The highest BCUT2D eigenvalue weighted by molar-refractivity contribution is 5.72. The lowest BCUT2D eigenvalue weighted by atomic mass is 10.1. The first-order valence-electron chi connectivity index (χ1n) is 12.0. The fourth-order valence-corrected chi connectivity index (χ4v) is 2.60. The molecule has 4 N–H and O–H groups in total. The predicted octanol–water partition coefficient (Wildman–Crippen LogP) is 1.48. The average Bonchev–Trinajstić information content (AvgIpc) is 2.80. The Morgan fingerprint density at radius 1 is 0.667 bits per heavy atom. The summed E-state index contributed by atoms with van der Waals surface area (Å²) < 4.78 is 0. The topological polar surface area (TPSA) is 145 Å². The molecule has 2 unspecified atom stereocenters. The maximum absolute atomic E-state index is 9.82. The van der Waals surface area contributed by atoms with Gasteiger partial charge in [-0.15, -0.1) is 0 Å². The molecular weight excluding hydrogens is 460 g/mol. The van der Waals surface area contributed by atoms with Gasteiger partial charge in [0.05, 0.1) is 12.2 Å². The van der Waals surface area contributed by atoms with Crippen LogP contribution in [0, 0.1) is 0 Å². The summed E-state index contributed by atoms with van der Waals surface area (Å²) in [6.45, 7) is 13.7. The Balaban J connectivity index is 0.000000533. The summed E-state index contributed by atoms with van der Waals surface area (Å²) in [5.74, 6) is -2.73. The molecular formula is C28H42N2O6-2. The van der Waals surface area contributed by atoms with Crippen LogP contribution in [0.2, 0.25) is 0 Å². The number of hydrogen-bond acceptors (Lipinski definition) is 8. The van der Waals surface area contributed by atoms with E-state index >= 15 is 0 Å². The summed E-state index contributed by atoms with van der Waals surface area (Å²) in [4.78, 5) is 19.0. The third-order valence-corrected chi connectivity index (χ3v) is 4.55. The molecule has 0 saturated carbocycles. The molecule has 202 valence electrons. The van der Waals surface area contributed by atoms with Gasteiger partial charge in [-0.1, -0.05) is 60.7 Å². The highest BCUT2D eigenvalue weighted by Gasteiger charge is 2.13. The van der Waals surface area contributed by atoms with Crippen molar-refractivity contribution in [3.05, 3.63) is 71.8 Å². The molecule has 0 amide bonds. The lowest BCUT2D eigenvalue weighted by Gasteiger charge is -2.23. The first-order chi connectivity index (χ1) is 16.6. The molecule has 0 aliphatic heterocycles. The number of rotatable bonds is 9. The molecule has 0 aliphatic rings. The van der Waals surface area contributed by atoms with E-state index in [-0.39, 0.29) is 11.1 Å². The van der Waals surface area contributed by atoms with Crippen LogP contribution in [0.5, 0.6) is 0 Å². The van der Waals surface area contributed by atoms with Gasteiger partial charge >= 0.3 is 0 Å². The van der Waals surface area contributed by atoms with Crippen LogP contribution in [0.3, 0.4) is 0 Å². The van der Waals surface area contributed by atoms with Crippen LogP contribution in [0.25, 0.3) is 0 Å². The van der Waals surface area contributed by atoms with Crippen molar-refractivity contribution in [1.29, 1.82) is 0 Å². The summed E-state index contributed by atoms with van der Waals surface area (Å²) in [6, 6.07) is 19.4. The molecule has 0 saturated heterocycles. The molecule has 8 nitrogen and oxygen atoms in total. The smallest absolute Gasteiger partial charge is 0.0914 e. The number of aliphatic hydroxyl groups is 2. The Morgan fingerprint density at radius 2 is 0.944 bits per heavy atom. The van der Waals surface area contributed by atoms with Crippen molar-refractivity contribution in [2.45, 2.75) is 77.7 Å². The molecule has 36 heavy (non-hydrogen) atoms. The van der Waals surface area contributed by atoms with Crippen LogP contribution in [-0.2, 0) is 9.59 Å². The number of carboxylic acids is 2. The Morgan fingerprint density at radius 3 is 1.17 bits per heavy atom. The molecule has 0 bridgehead atoms. The van der Waals surface area contributed by atoms with E-state index in [1.54, 1.807) is 0 Å². The fraction of sp³-hybridized carbons (Fsp3) is 0.500. The summed E-state index contributed by atoms with van der Waals surface area (Å²) in [7, 11) is 0. The molecule has 0 fully saturated rings. The lowest BCUT2D eigenvalue weighted by molar-refractivity contribution is -0.315. The molecule has 0 aliphatic carbocycles. The van der Waals surface area contributed by atoms with Gasteiger partial charge in [0.1, 0.15) is 0 Å². The summed E-state index contributed by atoms with van der Waals surface area (Å²) in [5, 5.41) is 45.2. The van der Waals surface area contributed by atoms with Crippen molar-refractivity contribution in [2.75, 3.05) is 13.1 Å². The van der Waals surface area contributed by atoms with Crippen LogP contribution in [0.15, 0.2) is 60.7 Å². The zero-order chi connectivity index (χ0) is 27.8. The minimum Gasteiger partial charge on any atom is -0.550 e. The van der Waals surface area contributed by atoms with E-state index < -0.39 is 37.0 Å². The minimum atomic E-state index is -1.37. The van der Waals surface area contributed by atoms with Crippen LogP contribution in [-0.4, -0.2) is 46.3 Å². The van der Waals surface area contributed by atoms with E-state index in [1.165, 1.54) is 0 Å². The van der Waals surface area contributed by atoms with Crippen molar-refractivity contribution in [3.63, 3.8) is 0 Å². The van der Waals surface area contributed by atoms with Crippen molar-refractivity contribution < 1.29 is 30.0 Å². The number of carbonyl (C=O) groups is 2. The maximum Gasteiger partial charge on any atom is 0.0914 e. The number of nitrogens with one attached hydrogen (secondary N) is 2. The monoisotopic (exact) mass is 502 g/mol. The summed E-state index contributed by atoms with van der Waals surface area (Å²) in [6.07, 6.45) is -1.78. The van der Waals surface area contributed by atoms with E-state index in [9.17, 15) is 30.0 Å². The van der Waals surface area contributed by atoms with E-state index in [0.717, 1.165) is 11.1 Å². The quantitative estimate of drug-likeness (QED) is 0.404. The SMILES string of the molecule is CC(C)(C)NCC(O)c1ccccc1.CC(C)(C)NCC(O)c1ccccc1.O=C([O-])CCC(=O)[O-]. The predicted molar refractivity (Wildman–Crippen MR) is 138 cm³/mol. The normalized spacial score (nSPS) is 12.8. The van der Waals surface area contributed by atoms with Gasteiger partial charge in [-0.2, -0.15) is 0 Å². The highest BCUT2D eigenvalue weighted by atomic mass is 16.4. The van der Waals surface area contributed by atoms with Crippen molar-refractivity contribution in [2.24, 2.45) is 0 Å². The molecule has 0 spiro atoms. The average molecular weight is 503 g/mol. The van der Waals surface area contributed by atoms with Gasteiger partial charge in [0, 0.05) is 36.1 Å². The molecule has 2 rings (SSSR count). The number of aliphatic hydroxyl groups excluding tert-OH is 2. The van der Waals surface area contributed by atoms with Gasteiger partial charge in [0.25, 0.3) is 0 Å². The Kier molecular flexibility index (Phi) is 15.5. The van der Waals surface area contributed by atoms with Gasteiger partial charge in [0.15, 0.2) is 0 Å². The Labute approximate surface area is 215 Å². The lowest BCUT2D eigenvalue weighted by Crippen LogP contribution is -2.38. The number of carbonyl (C=O) groups excluding carboxylic acids is 2. The fourth-order valence-electron chi connectivity index (χ4n) is 2.60. The van der Waals surface area contributed by atoms with E-state index in [4.69, 9.17) is 0 Å². The van der Waals surface area contributed by atoms with Gasteiger partial charge in [0.2, 0.25) is 0 Å². The number of β-amino-alcohol motifs (C(OH)–C–C–N with tert-alkyl or cyclic N) is 2. The van der Waals surface area contributed by atoms with Gasteiger partial charge < -0.3 is 40.6 Å². The second-order valence-corrected chi connectivity index (χ2v) is 10.4. The zero-order valence-electron chi connectivity index (χ0n) is 22.3. The van der Waals surface area contributed by atoms with Crippen molar-refractivity contribution in [3.8, 4) is 0 Å². The molecule has 2 atom stereocenters. The van der Waals surface area contributed by atoms with Gasteiger partial charge in [-0.25, -0.2) is 0 Å². The van der Waals surface area contributed by atoms with Crippen LogP contribution in [0.1, 0.15) is 77.7 Å². The Bertz CT molecular complexity index is 788. The minimum absolute atomic E-state index is 0.0513. The van der Waals surface area contributed by atoms with Gasteiger partial charge in [-0.3, -0.25) is 0 Å². The maximum atomic E-state index is 9.82. The first kappa shape index (κ1) is 33.2. The number of benzene rings is 2. The van der Waals surface area contributed by atoms with E-state index in [2.05, 4.69) is 52.2 Å². The number of carboxylic acid groups (broad SMARTS) is 2. The third kappa shape index (κ3) is 19.5. The first-order valence-corrected chi connectivity index (χ1v) is 12.0. The molecule has 0 radical (unpaired) electrons. The summed E-state index contributed by atoms with van der Waals surface area (Å²) in [5.41, 5.74) is 2.03. The Hall–Kier alpha value is -2.78. The third-order valence-electron chi connectivity index (χ3n) is 4.55. The highest BCUT2D eigenvalue weighted by Crippen LogP contribution is 2.13. The molecule has 2 aromatic rings. The van der Waals surface area contributed by atoms with E-state index in [0.29, 0.717) is 13.1 Å². The van der Waals surface area contributed by atoms with Crippen LogP contribution < -0.4 is 20.8 Å². The molecule has 2 aromatic carbocycles. The van der Waals surface area contributed by atoms with Crippen LogP contribution in [0.4, 0.5) is 0 Å². The largest absolute Gasteiger partial charge is 0.550 e. The second-order valence-electron chi connectivity index (χ2n) is 10.4. The number of hydrogen-bond donors (Lipinski definition) is 4. The van der Waals surface area contributed by atoms with Crippen LogP contribution >= 0.6 is 0 Å². The second kappa shape index (κ2) is 16.8. The van der Waals surface area contributed by atoms with Crippen molar-refractivity contribution in [1.82, 2.24) is 10.6 Å². The summed E-state index contributed by atoms with van der Waals surface area (Å²) >= 11 is 0.